The molecule has 178 valence electrons. The standard InChI is InChI=1S/C24H26FN5O3S/c1-16(31)29-14-20-15-30(24(32)33-20)19-6-7-21(22(25)12-19)18-4-2-17(3-5-18)13-26-10-11-34-23-27-8-9-28-23/h2-9,12,20,26H,10-11,13-15H2,1H3,(H,27,28)(H,29,31). The molecule has 0 spiro atoms. The number of carbonyl (C=O) groups excluding carboxylic acids is 2. The zero-order valence-electron chi connectivity index (χ0n) is 18.7. The number of amides is 2. The number of H-pyrrole nitrogens is 1. The average molecular weight is 484 g/mol. The molecule has 1 aliphatic rings. The fraction of sp³-hybridized carbons (Fsp3) is 0.292. The summed E-state index contributed by atoms with van der Waals surface area (Å²) in [6.07, 6.45) is 2.52. The molecule has 0 radical (unpaired) electrons. The quantitative estimate of drug-likeness (QED) is 0.301. The van der Waals surface area contributed by atoms with E-state index in [4.69, 9.17) is 4.74 Å². The molecule has 3 aromatic rings. The molecule has 1 fully saturated rings. The number of cyclic esters (lactones) is 1. The molecule has 8 nitrogen and oxygen atoms in total. The Hall–Kier alpha value is -3.37. The van der Waals surface area contributed by atoms with Gasteiger partial charge in [-0.05, 0) is 29.3 Å². The maximum Gasteiger partial charge on any atom is 0.414 e. The number of ether oxygens (including phenoxy) is 1. The molecule has 2 aromatic carbocycles. The van der Waals surface area contributed by atoms with Gasteiger partial charge in [-0.1, -0.05) is 36.0 Å². The minimum Gasteiger partial charge on any atom is -0.442 e. The van der Waals surface area contributed by atoms with Crippen LogP contribution in [0.1, 0.15) is 12.5 Å². The van der Waals surface area contributed by atoms with Gasteiger partial charge in [-0.25, -0.2) is 14.2 Å². The van der Waals surface area contributed by atoms with Crippen LogP contribution in [0, 0.1) is 5.82 Å². The van der Waals surface area contributed by atoms with Gasteiger partial charge >= 0.3 is 6.09 Å². The highest BCUT2D eigenvalue weighted by Gasteiger charge is 2.32. The van der Waals surface area contributed by atoms with Crippen molar-refractivity contribution in [2.45, 2.75) is 24.7 Å². The second-order valence-corrected chi connectivity index (χ2v) is 8.92. The molecule has 34 heavy (non-hydrogen) atoms. The third-order valence-electron chi connectivity index (χ3n) is 5.30. The van der Waals surface area contributed by atoms with E-state index in [0.717, 1.165) is 35.1 Å². The second-order valence-electron chi connectivity index (χ2n) is 7.83. The Kier molecular flexibility index (Phi) is 7.81. The number of rotatable bonds is 10. The minimum atomic E-state index is -0.554. The predicted molar refractivity (Wildman–Crippen MR) is 129 cm³/mol. The van der Waals surface area contributed by atoms with Gasteiger partial charge < -0.3 is 20.4 Å². The second kappa shape index (κ2) is 11.2. The fourth-order valence-electron chi connectivity index (χ4n) is 3.59. The molecule has 1 aliphatic heterocycles. The van der Waals surface area contributed by atoms with Gasteiger partial charge in [-0.3, -0.25) is 9.69 Å². The molecular formula is C24H26FN5O3S. The number of nitrogens with zero attached hydrogens (tertiary/aromatic N) is 2. The van der Waals surface area contributed by atoms with Crippen molar-refractivity contribution in [2.75, 3.05) is 30.3 Å². The number of benzene rings is 2. The lowest BCUT2D eigenvalue weighted by Gasteiger charge is -2.15. The number of carbonyl (C=O) groups is 2. The van der Waals surface area contributed by atoms with E-state index < -0.39 is 18.0 Å². The Morgan fingerprint density at radius 2 is 2.12 bits per heavy atom. The molecule has 1 unspecified atom stereocenters. The predicted octanol–water partition coefficient (Wildman–Crippen LogP) is 3.56. The third kappa shape index (κ3) is 6.15. The summed E-state index contributed by atoms with van der Waals surface area (Å²) in [4.78, 5) is 31.9. The number of halogens is 1. The lowest BCUT2D eigenvalue weighted by atomic mass is 10.0. The van der Waals surface area contributed by atoms with Crippen LogP contribution in [0.25, 0.3) is 11.1 Å². The Balaban J connectivity index is 1.31. The highest BCUT2D eigenvalue weighted by molar-refractivity contribution is 7.99. The largest absolute Gasteiger partial charge is 0.442 e. The van der Waals surface area contributed by atoms with E-state index in [-0.39, 0.29) is 19.0 Å². The molecule has 0 aliphatic carbocycles. The van der Waals surface area contributed by atoms with Gasteiger partial charge in [0.2, 0.25) is 5.91 Å². The number of hydrogen-bond donors (Lipinski definition) is 3. The lowest BCUT2D eigenvalue weighted by Crippen LogP contribution is -2.33. The zero-order chi connectivity index (χ0) is 23.9. The summed E-state index contributed by atoms with van der Waals surface area (Å²) in [6, 6.07) is 12.4. The van der Waals surface area contributed by atoms with E-state index in [1.165, 1.54) is 17.9 Å². The van der Waals surface area contributed by atoms with Crippen LogP contribution in [0.2, 0.25) is 0 Å². The van der Waals surface area contributed by atoms with Crippen LogP contribution in [0.15, 0.2) is 60.0 Å². The average Bonchev–Trinajstić information content (AvgIpc) is 3.47. The molecule has 1 atom stereocenters. The topological polar surface area (TPSA) is 99.4 Å². The highest BCUT2D eigenvalue weighted by Crippen LogP contribution is 2.29. The van der Waals surface area contributed by atoms with Crippen LogP contribution in [0.3, 0.4) is 0 Å². The van der Waals surface area contributed by atoms with Crippen LogP contribution in [0.5, 0.6) is 0 Å². The highest BCUT2D eigenvalue weighted by atomic mass is 32.2. The van der Waals surface area contributed by atoms with Gasteiger partial charge in [-0.15, -0.1) is 0 Å². The van der Waals surface area contributed by atoms with Crippen molar-refractivity contribution in [3.8, 4) is 11.1 Å². The molecule has 1 saturated heterocycles. The molecule has 10 heteroatoms. The summed E-state index contributed by atoms with van der Waals surface area (Å²) in [7, 11) is 0. The van der Waals surface area contributed by atoms with Gasteiger partial charge in [0.1, 0.15) is 11.9 Å². The first-order valence-electron chi connectivity index (χ1n) is 10.9. The SMILES string of the molecule is CC(=O)NCC1CN(c2ccc(-c3ccc(CNCCSc4ncc[nH]4)cc3)c(F)c2)C(=O)O1. The summed E-state index contributed by atoms with van der Waals surface area (Å²) in [5.74, 6) is 0.286. The van der Waals surface area contributed by atoms with Crippen molar-refractivity contribution in [1.29, 1.82) is 0 Å². The molecular weight excluding hydrogens is 457 g/mol. The van der Waals surface area contributed by atoms with Crippen molar-refractivity contribution in [2.24, 2.45) is 0 Å². The third-order valence-corrected chi connectivity index (χ3v) is 6.21. The Morgan fingerprint density at radius 1 is 1.29 bits per heavy atom. The Morgan fingerprint density at radius 3 is 2.82 bits per heavy atom. The van der Waals surface area contributed by atoms with Gasteiger partial charge in [0.05, 0.1) is 18.8 Å². The maximum absolute atomic E-state index is 14.9. The van der Waals surface area contributed by atoms with E-state index >= 15 is 0 Å². The number of aromatic amines is 1. The van der Waals surface area contributed by atoms with Crippen molar-refractivity contribution >= 4 is 29.4 Å². The van der Waals surface area contributed by atoms with Gasteiger partial charge in [0.15, 0.2) is 5.16 Å². The summed E-state index contributed by atoms with van der Waals surface area (Å²) in [5.41, 5.74) is 2.74. The van der Waals surface area contributed by atoms with E-state index in [1.54, 1.807) is 36.3 Å². The molecule has 4 rings (SSSR count). The smallest absolute Gasteiger partial charge is 0.414 e. The number of thioether (sulfide) groups is 1. The monoisotopic (exact) mass is 483 g/mol. The minimum absolute atomic E-state index is 0.198. The van der Waals surface area contributed by atoms with Crippen LogP contribution in [-0.4, -0.2) is 53.5 Å². The van der Waals surface area contributed by atoms with E-state index in [2.05, 4.69) is 20.6 Å². The van der Waals surface area contributed by atoms with Crippen molar-refractivity contribution in [1.82, 2.24) is 20.6 Å². The van der Waals surface area contributed by atoms with Gasteiger partial charge in [0.25, 0.3) is 0 Å². The number of anilines is 1. The lowest BCUT2D eigenvalue weighted by molar-refractivity contribution is -0.119. The van der Waals surface area contributed by atoms with Crippen molar-refractivity contribution < 1.29 is 18.7 Å². The molecule has 1 aromatic heterocycles. The van der Waals surface area contributed by atoms with E-state index in [0.29, 0.717) is 11.3 Å². The maximum atomic E-state index is 14.9. The van der Waals surface area contributed by atoms with Gasteiger partial charge in [-0.2, -0.15) is 0 Å². The van der Waals surface area contributed by atoms with Crippen LogP contribution >= 0.6 is 11.8 Å². The number of hydrogen-bond acceptors (Lipinski definition) is 6. The molecule has 0 saturated carbocycles. The Labute approximate surface area is 201 Å². The summed E-state index contributed by atoms with van der Waals surface area (Å²) in [5, 5.41) is 6.92. The number of imidazole rings is 1. The first kappa shape index (κ1) is 23.8. The van der Waals surface area contributed by atoms with Crippen molar-refractivity contribution in [3.63, 3.8) is 0 Å². The van der Waals surface area contributed by atoms with E-state index in [9.17, 15) is 14.0 Å². The van der Waals surface area contributed by atoms with Crippen LogP contribution < -0.4 is 15.5 Å². The summed E-state index contributed by atoms with van der Waals surface area (Å²) < 4.78 is 20.2. The van der Waals surface area contributed by atoms with E-state index in [1.807, 2.05) is 24.3 Å². The molecule has 3 N–H and O–H groups in total. The summed E-state index contributed by atoms with van der Waals surface area (Å²) >= 11 is 1.66. The number of aromatic nitrogens is 2. The molecule has 2 amide bonds. The molecule has 0 bridgehead atoms. The van der Waals surface area contributed by atoms with Crippen molar-refractivity contribution in [3.05, 3.63) is 66.2 Å². The first-order chi connectivity index (χ1) is 16.5. The summed E-state index contributed by atoms with van der Waals surface area (Å²) in [6.45, 7) is 3.43. The first-order valence-corrected chi connectivity index (χ1v) is 11.9. The number of nitrogens with one attached hydrogen (secondary N) is 3. The molecule has 2 heterocycles. The zero-order valence-corrected chi connectivity index (χ0v) is 19.5. The van der Waals surface area contributed by atoms with Crippen LogP contribution in [0.4, 0.5) is 14.9 Å². The fourth-order valence-corrected chi connectivity index (χ4v) is 4.31. The van der Waals surface area contributed by atoms with Crippen LogP contribution in [-0.2, 0) is 16.1 Å². The normalized spacial score (nSPS) is 15.4. The Bertz CT molecular complexity index is 1120. The van der Waals surface area contributed by atoms with Gasteiger partial charge in [0, 0.05) is 43.7 Å².